The number of likely N-dealkylation sites (tertiary alicyclic amines) is 1. The van der Waals surface area contributed by atoms with Crippen LogP contribution >= 0.6 is 11.3 Å². The normalized spacial score (nSPS) is 22.0. The molecule has 1 aromatic rings. The second-order valence-corrected chi connectivity index (χ2v) is 9.64. The van der Waals surface area contributed by atoms with Crippen molar-refractivity contribution in [1.82, 2.24) is 14.7 Å². The number of rotatable bonds is 5. The summed E-state index contributed by atoms with van der Waals surface area (Å²) in [5, 5.41) is 0. The third-order valence-corrected chi connectivity index (χ3v) is 7.74. The first kappa shape index (κ1) is 19.9. The zero-order valence-corrected chi connectivity index (χ0v) is 17.7. The van der Waals surface area contributed by atoms with Gasteiger partial charge in [0, 0.05) is 56.6 Å². The van der Waals surface area contributed by atoms with E-state index in [2.05, 4.69) is 4.90 Å². The lowest BCUT2D eigenvalue weighted by molar-refractivity contribution is -0.130. The lowest BCUT2D eigenvalue weighted by atomic mass is 9.94. The lowest BCUT2D eigenvalue weighted by Gasteiger charge is -2.40. The van der Waals surface area contributed by atoms with Crippen LogP contribution in [0.25, 0.3) is 0 Å². The summed E-state index contributed by atoms with van der Waals surface area (Å²) in [7, 11) is 0. The Morgan fingerprint density at radius 1 is 0.857 bits per heavy atom. The number of amides is 2. The summed E-state index contributed by atoms with van der Waals surface area (Å²) < 4.78 is 0. The van der Waals surface area contributed by atoms with Gasteiger partial charge in [0.15, 0.2) is 0 Å². The van der Waals surface area contributed by atoms with Gasteiger partial charge in [-0.3, -0.25) is 14.5 Å². The summed E-state index contributed by atoms with van der Waals surface area (Å²) in [6, 6.07) is 4.73. The molecule has 0 aromatic carbocycles. The van der Waals surface area contributed by atoms with Crippen LogP contribution in [0.3, 0.4) is 0 Å². The van der Waals surface area contributed by atoms with Gasteiger partial charge in [0.05, 0.1) is 4.88 Å². The van der Waals surface area contributed by atoms with E-state index in [0.717, 1.165) is 74.3 Å². The van der Waals surface area contributed by atoms with E-state index < -0.39 is 0 Å². The van der Waals surface area contributed by atoms with Crippen LogP contribution in [0.15, 0.2) is 12.1 Å². The first-order valence-electron chi connectivity index (χ1n) is 11.1. The highest BCUT2D eigenvalue weighted by molar-refractivity contribution is 7.14. The average molecular weight is 404 g/mol. The van der Waals surface area contributed by atoms with Crippen molar-refractivity contribution in [2.24, 2.45) is 0 Å². The minimum atomic E-state index is 0.172. The highest BCUT2D eigenvalue weighted by atomic mass is 32.1. The molecule has 0 atom stereocenters. The van der Waals surface area contributed by atoms with Crippen molar-refractivity contribution < 1.29 is 9.59 Å². The molecular formula is C22H33N3O2S. The Morgan fingerprint density at radius 2 is 1.57 bits per heavy atom. The molecule has 0 bridgehead atoms. The van der Waals surface area contributed by atoms with Crippen LogP contribution < -0.4 is 0 Å². The smallest absolute Gasteiger partial charge is 0.264 e. The molecule has 1 saturated carbocycles. The van der Waals surface area contributed by atoms with E-state index in [9.17, 15) is 9.59 Å². The van der Waals surface area contributed by atoms with E-state index in [1.165, 1.54) is 32.1 Å². The monoisotopic (exact) mass is 403 g/mol. The molecule has 0 unspecified atom stereocenters. The maximum absolute atomic E-state index is 12.9. The molecule has 1 aliphatic carbocycles. The molecular weight excluding hydrogens is 370 g/mol. The summed E-state index contributed by atoms with van der Waals surface area (Å²) in [4.78, 5) is 33.7. The van der Waals surface area contributed by atoms with E-state index in [4.69, 9.17) is 0 Å². The molecule has 1 aromatic heterocycles. The van der Waals surface area contributed by atoms with Gasteiger partial charge in [-0.2, -0.15) is 0 Å². The van der Waals surface area contributed by atoms with Gasteiger partial charge in [-0.15, -0.1) is 11.3 Å². The Morgan fingerprint density at radius 3 is 2.29 bits per heavy atom. The lowest BCUT2D eigenvalue weighted by Crippen LogP contribution is -2.52. The Labute approximate surface area is 172 Å². The molecule has 6 heteroatoms. The van der Waals surface area contributed by atoms with Crippen LogP contribution in [0.2, 0.25) is 0 Å². The summed E-state index contributed by atoms with van der Waals surface area (Å²) in [6.45, 7) is 5.55. The van der Waals surface area contributed by atoms with Gasteiger partial charge in [0.1, 0.15) is 0 Å². The van der Waals surface area contributed by atoms with Gasteiger partial charge in [0.25, 0.3) is 5.91 Å². The van der Waals surface area contributed by atoms with E-state index in [1.807, 2.05) is 21.9 Å². The Balaban J connectivity index is 1.24. The van der Waals surface area contributed by atoms with Crippen LogP contribution in [0, 0.1) is 0 Å². The Kier molecular flexibility index (Phi) is 6.68. The van der Waals surface area contributed by atoms with Crippen LogP contribution in [0.1, 0.15) is 65.9 Å². The van der Waals surface area contributed by atoms with E-state index in [1.54, 1.807) is 11.3 Å². The molecule has 0 N–H and O–H groups in total. The van der Waals surface area contributed by atoms with Crippen molar-refractivity contribution in [1.29, 1.82) is 0 Å². The number of hydrogen-bond acceptors (Lipinski definition) is 4. The number of piperazine rings is 1. The topological polar surface area (TPSA) is 43.9 Å². The van der Waals surface area contributed by atoms with Crippen molar-refractivity contribution in [2.45, 2.75) is 63.8 Å². The Hall–Kier alpha value is -1.40. The summed E-state index contributed by atoms with van der Waals surface area (Å²) in [6.07, 6.45) is 10.4. The fourth-order valence-electron chi connectivity index (χ4n) is 4.87. The van der Waals surface area contributed by atoms with E-state index in [0.29, 0.717) is 6.42 Å². The number of aryl methyl sites for hydroxylation is 1. The molecule has 3 heterocycles. The second-order valence-electron chi connectivity index (χ2n) is 8.47. The Bertz CT molecular complexity index is 669. The van der Waals surface area contributed by atoms with Gasteiger partial charge in [-0.05, 0) is 44.2 Å². The van der Waals surface area contributed by atoms with Crippen molar-refractivity contribution in [3.05, 3.63) is 21.9 Å². The van der Waals surface area contributed by atoms with Crippen molar-refractivity contribution in [3.63, 3.8) is 0 Å². The van der Waals surface area contributed by atoms with E-state index in [-0.39, 0.29) is 11.8 Å². The van der Waals surface area contributed by atoms with Gasteiger partial charge in [-0.25, -0.2) is 0 Å². The zero-order valence-electron chi connectivity index (χ0n) is 16.9. The van der Waals surface area contributed by atoms with Crippen LogP contribution in [0.4, 0.5) is 0 Å². The molecule has 5 nitrogen and oxygen atoms in total. The fourth-order valence-corrected chi connectivity index (χ4v) is 5.85. The molecule has 3 aliphatic rings. The average Bonchev–Trinajstić information content (AvgIpc) is 3.45. The third kappa shape index (κ3) is 4.77. The second kappa shape index (κ2) is 9.40. The highest BCUT2D eigenvalue weighted by Gasteiger charge is 2.28. The van der Waals surface area contributed by atoms with Crippen molar-refractivity contribution in [3.8, 4) is 0 Å². The predicted octanol–water partition coefficient (Wildman–Crippen LogP) is 3.39. The number of hydrogen-bond donors (Lipinski definition) is 0. The molecule has 2 aliphatic heterocycles. The maximum atomic E-state index is 12.9. The standard InChI is InChI=1S/C22H33N3O2S/c26-21(24-12-4-5-13-24)11-9-19-8-10-20(28-19)22(27)25-16-14-23(15-17-25)18-6-2-1-3-7-18/h8,10,18H,1-7,9,11-17H2. The first-order chi connectivity index (χ1) is 13.7. The largest absolute Gasteiger partial charge is 0.343 e. The van der Waals surface area contributed by atoms with Crippen LogP contribution in [-0.2, 0) is 11.2 Å². The summed E-state index contributed by atoms with van der Waals surface area (Å²) in [5.74, 6) is 0.433. The first-order valence-corrected chi connectivity index (χ1v) is 11.9. The molecule has 2 saturated heterocycles. The predicted molar refractivity (Wildman–Crippen MR) is 113 cm³/mol. The van der Waals surface area contributed by atoms with Crippen molar-refractivity contribution in [2.75, 3.05) is 39.3 Å². The van der Waals surface area contributed by atoms with Gasteiger partial charge in [-0.1, -0.05) is 19.3 Å². The zero-order chi connectivity index (χ0) is 19.3. The minimum absolute atomic E-state index is 0.172. The van der Waals surface area contributed by atoms with E-state index >= 15 is 0 Å². The molecule has 0 radical (unpaired) electrons. The quantitative estimate of drug-likeness (QED) is 0.757. The highest BCUT2D eigenvalue weighted by Crippen LogP contribution is 2.25. The molecule has 154 valence electrons. The minimum Gasteiger partial charge on any atom is -0.343 e. The number of nitrogens with zero attached hydrogens (tertiary/aromatic N) is 3. The summed E-state index contributed by atoms with van der Waals surface area (Å²) >= 11 is 1.57. The maximum Gasteiger partial charge on any atom is 0.264 e. The molecule has 2 amide bonds. The van der Waals surface area contributed by atoms with Gasteiger partial charge in [0.2, 0.25) is 5.91 Å². The number of thiophene rings is 1. The third-order valence-electron chi connectivity index (χ3n) is 6.61. The summed E-state index contributed by atoms with van der Waals surface area (Å²) in [5.41, 5.74) is 0. The van der Waals surface area contributed by atoms with Gasteiger partial charge < -0.3 is 9.80 Å². The number of carbonyl (C=O) groups is 2. The SMILES string of the molecule is O=C(CCc1ccc(C(=O)N2CCN(C3CCCCC3)CC2)s1)N1CCCC1. The number of carbonyl (C=O) groups excluding carboxylic acids is 2. The van der Waals surface area contributed by atoms with Crippen LogP contribution in [0.5, 0.6) is 0 Å². The van der Waals surface area contributed by atoms with Crippen molar-refractivity contribution >= 4 is 23.2 Å². The van der Waals surface area contributed by atoms with Gasteiger partial charge >= 0.3 is 0 Å². The van der Waals surface area contributed by atoms with Crippen LogP contribution in [-0.4, -0.2) is 71.8 Å². The molecule has 4 rings (SSSR count). The molecule has 3 fully saturated rings. The molecule has 28 heavy (non-hydrogen) atoms. The fraction of sp³-hybridized carbons (Fsp3) is 0.727. The molecule has 0 spiro atoms.